The summed E-state index contributed by atoms with van der Waals surface area (Å²) in [5.74, 6) is 0.481. The van der Waals surface area contributed by atoms with E-state index in [1.807, 2.05) is 60.7 Å². The number of hydrogen-bond acceptors (Lipinski definition) is 6. The fourth-order valence-corrected chi connectivity index (χ4v) is 8.11. The maximum absolute atomic E-state index is 6.45. The van der Waals surface area contributed by atoms with Crippen LogP contribution in [0.15, 0.2) is 65.8 Å². The standard InChI is InChI=1S/C19H19N2O4P/c1-3-7-14(8-4-1)19-20-21(15-9-5-2-6-10-15)26(25-19)22-16-11-17(23-26)13-18(12-16)24-26/h1-10,16-18H,11-13H2. The van der Waals surface area contributed by atoms with E-state index in [2.05, 4.69) is 0 Å². The molecule has 0 unspecified atom stereocenters. The number of hydrogen-bond donors (Lipinski definition) is 0. The van der Waals surface area contributed by atoms with Crippen LogP contribution in [0.5, 0.6) is 0 Å². The van der Waals surface area contributed by atoms with Crippen LogP contribution in [0.1, 0.15) is 24.8 Å². The number of nitrogens with zero attached hydrogens (tertiary/aromatic N) is 2. The molecule has 5 aliphatic rings. The van der Waals surface area contributed by atoms with Gasteiger partial charge in [-0.15, -0.1) is 0 Å². The van der Waals surface area contributed by atoms with Gasteiger partial charge in [0.2, 0.25) is 0 Å². The van der Waals surface area contributed by atoms with Gasteiger partial charge in [0, 0.05) is 0 Å². The van der Waals surface area contributed by atoms with Crippen molar-refractivity contribution in [3.8, 4) is 0 Å². The van der Waals surface area contributed by atoms with Crippen molar-refractivity contribution in [3.63, 3.8) is 0 Å². The molecule has 0 radical (unpaired) electrons. The van der Waals surface area contributed by atoms with Crippen molar-refractivity contribution in [1.82, 2.24) is 0 Å². The Hall–Kier alpha value is -1.98. The van der Waals surface area contributed by atoms with Crippen LogP contribution in [0.2, 0.25) is 0 Å². The monoisotopic (exact) mass is 370 g/mol. The quantitative estimate of drug-likeness (QED) is 0.735. The Morgan fingerprint density at radius 1 is 0.769 bits per heavy atom. The Morgan fingerprint density at radius 2 is 1.31 bits per heavy atom. The number of hydrazone groups is 1. The molecule has 7 rings (SSSR count). The van der Waals surface area contributed by atoms with E-state index in [9.17, 15) is 0 Å². The van der Waals surface area contributed by atoms with E-state index in [1.54, 1.807) is 4.78 Å². The Balaban J connectivity index is 1.52. The molecule has 1 spiro atoms. The van der Waals surface area contributed by atoms with Crippen molar-refractivity contribution in [2.75, 3.05) is 4.78 Å². The first kappa shape index (κ1) is 15.1. The summed E-state index contributed by atoms with van der Waals surface area (Å²) in [6, 6.07) is 19.7. The van der Waals surface area contributed by atoms with Gasteiger partial charge in [0.25, 0.3) is 0 Å². The molecule has 0 aromatic heterocycles. The minimum atomic E-state index is -4.02. The van der Waals surface area contributed by atoms with Crippen LogP contribution in [0.4, 0.5) is 5.69 Å². The van der Waals surface area contributed by atoms with E-state index in [0.29, 0.717) is 5.90 Å². The van der Waals surface area contributed by atoms with Crippen molar-refractivity contribution < 1.29 is 18.1 Å². The molecule has 26 heavy (non-hydrogen) atoms. The first-order valence-electron chi connectivity index (χ1n) is 9.01. The summed E-state index contributed by atoms with van der Waals surface area (Å²) in [5, 5.41) is 4.78. The van der Waals surface area contributed by atoms with Gasteiger partial charge in [0.05, 0.1) is 0 Å². The fourth-order valence-electron chi connectivity index (χ4n) is 4.31. The van der Waals surface area contributed by atoms with E-state index in [0.717, 1.165) is 30.5 Å². The van der Waals surface area contributed by atoms with Gasteiger partial charge in [0.1, 0.15) is 0 Å². The SMILES string of the molecule is c1ccc(C2=NN(c3ccccc3)P34(O2)OC2CC(CC(C2)O3)O4)cc1. The van der Waals surface area contributed by atoms with Gasteiger partial charge in [-0.1, -0.05) is 0 Å². The fraction of sp³-hybridized carbons (Fsp3) is 0.316. The molecule has 4 bridgehead atoms. The van der Waals surface area contributed by atoms with Crippen molar-refractivity contribution in [3.05, 3.63) is 66.2 Å². The summed E-state index contributed by atoms with van der Waals surface area (Å²) >= 11 is 0. The molecule has 6 nitrogen and oxygen atoms in total. The van der Waals surface area contributed by atoms with Crippen molar-refractivity contribution in [1.29, 1.82) is 0 Å². The molecule has 0 N–H and O–H groups in total. The summed E-state index contributed by atoms with van der Waals surface area (Å²) in [6.07, 6.45) is 2.96. The summed E-state index contributed by atoms with van der Waals surface area (Å²) in [7, 11) is -4.02. The topological polar surface area (TPSA) is 52.5 Å². The summed E-state index contributed by atoms with van der Waals surface area (Å²) in [5.41, 5.74) is 1.72. The van der Waals surface area contributed by atoms with Gasteiger partial charge in [0.15, 0.2) is 0 Å². The molecule has 1 aliphatic carbocycles. The van der Waals surface area contributed by atoms with Crippen molar-refractivity contribution in [2.45, 2.75) is 37.6 Å². The first-order valence-corrected chi connectivity index (χ1v) is 10.9. The molecule has 134 valence electrons. The second-order valence-electron chi connectivity index (χ2n) is 7.15. The number of rotatable bonds is 2. The maximum atomic E-state index is 6.45. The van der Waals surface area contributed by atoms with Crippen LogP contribution in [-0.2, 0) is 18.1 Å². The zero-order valence-corrected chi connectivity index (χ0v) is 15.0. The molecule has 2 aromatic rings. The van der Waals surface area contributed by atoms with Gasteiger partial charge < -0.3 is 0 Å². The normalized spacial score (nSPS) is 34.2. The summed E-state index contributed by atoms with van der Waals surface area (Å²) < 4.78 is 27.6. The molecule has 7 heteroatoms. The van der Waals surface area contributed by atoms with Gasteiger partial charge in [-0.3, -0.25) is 0 Å². The van der Waals surface area contributed by atoms with Gasteiger partial charge in [-0.2, -0.15) is 0 Å². The van der Waals surface area contributed by atoms with Crippen LogP contribution in [0, 0.1) is 0 Å². The molecule has 1 saturated carbocycles. The van der Waals surface area contributed by atoms with Crippen LogP contribution < -0.4 is 4.78 Å². The predicted octanol–water partition coefficient (Wildman–Crippen LogP) is 4.38. The molecule has 4 aliphatic heterocycles. The minimum absolute atomic E-state index is 0.0930. The zero-order valence-electron chi connectivity index (χ0n) is 14.1. The van der Waals surface area contributed by atoms with Gasteiger partial charge >= 0.3 is 151 Å². The van der Waals surface area contributed by atoms with E-state index in [-0.39, 0.29) is 18.3 Å². The van der Waals surface area contributed by atoms with E-state index < -0.39 is 7.66 Å². The van der Waals surface area contributed by atoms with Crippen molar-refractivity contribution >= 4 is 19.2 Å². The molecule has 4 heterocycles. The van der Waals surface area contributed by atoms with Crippen molar-refractivity contribution in [2.24, 2.45) is 5.10 Å². The molecule has 0 atom stereocenters. The molecule has 0 amide bonds. The van der Waals surface area contributed by atoms with Crippen LogP contribution in [-0.4, -0.2) is 24.2 Å². The summed E-state index contributed by atoms with van der Waals surface area (Å²) in [4.78, 5) is 0. The molecule has 2 aromatic carbocycles. The zero-order chi connectivity index (χ0) is 17.2. The van der Waals surface area contributed by atoms with Crippen LogP contribution in [0.25, 0.3) is 0 Å². The Kier molecular flexibility index (Phi) is 2.93. The molecule has 4 fully saturated rings. The molecule has 3 saturated heterocycles. The van der Waals surface area contributed by atoms with E-state index in [4.69, 9.17) is 23.2 Å². The summed E-state index contributed by atoms with van der Waals surface area (Å²) in [6.45, 7) is 0. The second-order valence-corrected chi connectivity index (χ2v) is 9.89. The van der Waals surface area contributed by atoms with Gasteiger partial charge in [-0.05, 0) is 0 Å². The third-order valence-corrected chi connectivity index (χ3v) is 8.66. The van der Waals surface area contributed by atoms with E-state index in [1.165, 1.54) is 0 Å². The Labute approximate surface area is 151 Å². The third-order valence-electron chi connectivity index (χ3n) is 5.30. The Morgan fingerprint density at radius 3 is 1.88 bits per heavy atom. The molecular formula is C19H19N2O4P. The second kappa shape index (κ2) is 5.05. The number of para-hydroxylation sites is 1. The predicted molar refractivity (Wildman–Crippen MR) is 98.4 cm³/mol. The average molecular weight is 370 g/mol. The molecular weight excluding hydrogens is 351 g/mol. The Bertz CT molecular complexity index is 851. The average Bonchev–Trinajstić information content (AvgIpc) is 2.95. The first-order chi connectivity index (χ1) is 12.7. The van der Waals surface area contributed by atoms with E-state index >= 15 is 0 Å². The third kappa shape index (κ3) is 1.98. The van der Waals surface area contributed by atoms with Crippen LogP contribution in [0.3, 0.4) is 0 Å². The number of anilines is 1. The van der Waals surface area contributed by atoms with Crippen LogP contribution >= 0.6 is 7.66 Å². The number of benzene rings is 2. The van der Waals surface area contributed by atoms with Gasteiger partial charge in [-0.25, -0.2) is 0 Å².